The van der Waals surface area contributed by atoms with Crippen LogP contribution in [0.5, 0.6) is 0 Å². The van der Waals surface area contributed by atoms with E-state index in [1.807, 2.05) is 0 Å². The van der Waals surface area contributed by atoms with E-state index in [1.165, 1.54) is 38.5 Å². The van der Waals surface area contributed by atoms with Crippen molar-refractivity contribution < 1.29 is 0 Å². The first-order valence-corrected chi connectivity index (χ1v) is 9.32. The molecule has 1 aliphatic carbocycles. The second-order valence-corrected chi connectivity index (χ2v) is 6.96. The molecule has 1 aliphatic rings. The van der Waals surface area contributed by atoms with Crippen LogP contribution in [0.3, 0.4) is 0 Å². The Balaban J connectivity index is 1.73. The summed E-state index contributed by atoms with van der Waals surface area (Å²) in [6, 6.07) is 26.3. The Morgan fingerprint density at radius 3 is 2.35 bits per heavy atom. The van der Waals surface area contributed by atoms with E-state index in [0.717, 1.165) is 19.4 Å². The van der Waals surface area contributed by atoms with Crippen LogP contribution in [0, 0.1) is 0 Å². The molecule has 0 radical (unpaired) electrons. The first kappa shape index (κ1) is 15.2. The molecule has 0 amide bonds. The first-order valence-electron chi connectivity index (χ1n) is 9.32. The minimum Gasteiger partial charge on any atom is -0.336 e. The topological polar surface area (TPSA) is 4.93 Å². The number of rotatable bonds is 3. The standard InChI is InChI=1S/C25H21N/c1-3-9-19(10-4-1)18-26-24-14-8-7-13-22(24)23-16-15-21(17-25(23)26)20-11-5-2-6-12-20/h2-3,5-17H,1,4,18H2. The molecule has 1 heteroatoms. The fourth-order valence-electron chi connectivity index (χ4n) is 4.00. The third-order valence-electron chi connectivity index (χ3n) is 5.29. The van der Waals surface area contributed by atoms with Crippen molar-refractivity contribution in [1.82, 2.24) is 4.57 Å². The number of benzene rings is 3. The van der Waals surface area contributed by atoms with Gasteiger partial charge in [0.25, 0.3) is 0 Å². The van der Waals surface area contributed by atoms with Gasteiger partial charge in [-0.05, 0) is 41.7 Å². The zero-order valence-corrected chi connectivity index (χ0v) is 14.7. The largest absolute Gasteiger partial charge is 0.336 e. The zero-order valence-electron chi connectivity index (χ0n) is 14.7. The van der Waals surface area contributed by atoms with E-state index in [2.05, 4.69) is 95.6 Å². The van der Waals surface area contributed by atoms with Crippen LogP contribution in [-0.4, -0.2) is 4.57 Å². The van der Waals surface area contributed by atoms with Crippen molar-refractivity contribution in [2.75, 3.05) is 0 Å². The number of allylic oxidation sites excluding steroid dienone is 4. The number of hydrogen-bond donors (Lipinski definition) is 0. The fourth-order valence-corrected chi connectivity index (χ4v) is 4.00. The molecule has 126 valence electrons. The summed E-state index contributed by atoms with van der Waals surface area (Å²) in [6.45, 7) is 0.929. The lowest BCUT2D eigenvalue weighted by Gasteiger charge is -2.12. The molecule has 0 bridgehead atoms. The summed E-state index contributed by atoms with van der Waals surface area (Å²) in [4.78, 5) is 0. The highest BCUT2D eigenvalue weighted by atomic mass is 15.0. The van der Waals surface area contributed by atoms with E-state index in [4.69, 9.17) is 0 Å². The van der Waals surface area contributed by atoms with Crippen LogP contribution in [0.2, 0.25) is 0 Å². The lowest BCUT2D eigenvalue weighted by molar-refractivity contribution is 0.846. The molecule has 5 rings (SSSR count). The van der Waals surface area contributed by atoms with Gasteiger partial charge in [0.2, 0.25) is 0 Å². The molecule has 0 unspecified atom stereocenters. The molecule has 1 nitrogen and oxygen atoms in total. The van der Waals surface area contributed by atoms with Gasteiger partial charge in [-0.15, -0.1) is 0 Å². The molecule has 1 heterocycles. The van der Waals surface area contributed by atoms with Crippen molar-refractivity contribution >= 4 is 21.8 Å². The lowest BCUT2D eigenvalue weighted by atomic mass is 10.0. The molecule has 0 N–H and O–H groups in total. The molecule has 0 saturated carbocycles. The van der Waals surface area contributed by atoms with Gasteiger partial charge >= 0.3 is 0 Å². The van der Waals surface area contributed by atoms with Crippen LogP contribution in [0.15, 0.2) is 96.6 Å². The van der Waals surface area contributed by atoms with Gasteiger partial charge < -0.3 is 4.57 Å². The molecule has 4 aromatic rings. The third-order valence-corrected chi connectivity index (χ3v) is 5.29. The average Bonchev–Trinajstić information content (AvgIpc) is 3.03. The molecule has 0 spiro atoms. The molecular formula is C25H21N. The Morgan fingerprint density at radius 1 is 0.692 bits per heavy atom. The maximum atomic E-state index is 2.47. The van der Waals surface area contributed by atoms with Crippen LogP contribution in [-0.2, 0) is 6.54 Å². The van der Waals surface area contributed by atoms with Gasteiger partial charge in [0.1, 0.15) is 0 Å². The first-order chi connectivity index (χ1) is 12.9. The van der Waals surface area contributed by atoms with Crippen LogP contribution in [0.1, 0.15) is 12.8 Å². The van der Waals surface area contributed by atoms with Crippen molar-refractivity contribution in [2.45, 2.75) is 19.4 Å². The van der Waals surface area contributed by atoms with Gasteiger partial charge in [0.15, 0.2) is 0 Å². The molecule has 3 aromatic carbocycles. The highest BCUT2D eigenvalue weighted by molar-refractivity contribution is 6.09. The van der Waals surface area contributed by atoms with E-state index in [0.29, 0.717) is 0 Å². The molecule has 0 fully saturated rings. The second-order valence-electron chi connectivity index (χ2n) is 6.96. The van der Waals surface area contributed by atoms with Crippen molar-refractivity contribution in [3.63, 3.8) is 0 Å². The zero-order chi connectivity index (χ0) is 17.3. The third kappa shape index (κ3) is 2.57. The van der Waals surface area contributed by atoms with Crippen LogP contribution in [0.25, 0.3) is 32.9 Å². The van der Waals surface area contributed by atoms with Gasteiger partial charge in [-0.25, -0.2) is 0 Å². The average molecular weight is 335 g/mol. The van der Waals surface area contributed by atoms with E-state index in [-0.39, 0.29) is 0 Å². The SMILES string of the molecule is C1=CC(Cn2c3ccccc3c3ccc(-c4ccccc4)cc32)=CCC1. The Labute approximate surface area is 153 Å². The predicted octanol–water partition coefficient (Wildman–Crippen LogP) is 6.74. The van der Waals surface area contributed by atoms with Crippen molar-refractivity contribution in [3.05, 3.63) is 96.6 Å². The van der Waals surface area contributed by atoms with E-state index < -0.39 is 0 Å². The minimum absolute atomic E-state index is 0.929. The number of aromatic nitrogens is 1. The monoisotopic (exact) mass is 335 g/mol. The number of nitrogens with zero attached hydrogens (tertiary/aromatic N) is 1. The van der Waals surface area contributed by atoms with Gasteiger partial charge in [0, 0.05) is 22.8 Å². The highest BCUT2D eigenvalue weighted by Crippen LogP contribution is 2.33. The van der Waals surface area contributed by atoms with Gasteiger partial charge in [0.05, 0.1) is 5.52 Å². The summed E-state index contributed by atoms with van der Waals surface area (Å²) >= 11 is 0. The highest BCUT2D eigenvalue weighted by Gasteiger charge is 2.12. The van der Waals surface area contributed by atoms with Gasteiger partial charge in [-0.2, -0.15) is 0 Å². The maximum absolute atomic E-state index is 2.47. The van der Waals surface area contributed by atoms with Gasteiger partial charge in [-0.3, -0.25) is 0 Å². The Bertz CT molecular complexity index is 1140. The van der Waals surface area contributed by atoms with E-state index in [1.54, 1.807) is 0 Å². The maximum Gasteiger partial charge on any atom is 0.0500 e. The summed E-state index contributed by atoms with van der Waals surface area (Å²) in [7, 11) is 0. The molecule has 0 saturated heterocycles. The Kier molecular flexibility index (Phi) is 3.71. The molecule has 0 atom stereocenters. The smallest absolute Gasteiger partial charge is 0.0500 e. The number of fused-ring (bicyclic) bond motifs is 3. The van der Waals surface area contributed by atoms with Crippen LogP contribution >= 0.6 is 0 Å². The summed E-state index contributed by atoms with van der Waals surface area (Å²) in [6.07, 6.45) is 9.26. The summed E-state index contributed by atoms with van der Waals surface area (Å²) in [5.41, 5.74) is 6.57. The summed E-state index contributed by atoms with van der Waals surface area (Å²) < 4.78 is 2.47. The molecule has 26 heavy (non-hydrogen) atoms. The summed E-state index contributed by atoms with van der Waals surface area (Å²) in [5, 5.41) is 2.67. The molecular weight excluding hydrogens is 314 g/mol. The van der Waals surface area contributed by atoms with E-state index >= 15 is 0 Å². The Hall–Kier alpha value is -3.06. The minimum atomic E-state index is 0.929. The molecule has 0 aliphatic heterocycles. The summed E-state index contributed by atoms with van der Waals surface area (Å²) in [5.74, 6) is 0. The lowest BCUT2D eigenvalue weighted by Crippen LogP contribution is -2.01. The number of para-hydroxylation sites is 1. The van der Waals surface area contributed by atoms with E-state index in [9.17, 15) is 0 Å². The Morgan fingerprint density at radius 2 is 1.50 bits per heavy atom. The fraction of sp³-hybridized carbons (Fsp3) is 0.120. The van der Waals surface area contributed by atoms with Crippen molar-refractivity contribution in [2.24, 2.45) is 0 Å². The second kappa shape index (κ2) is 6.34. The van der Waals surface area contributed by atoms with Gasteiger partial charge in [-0.1, -0.05) is 78.9 Å². The normalized spacial score (nSPS) is 14.1. The predicted molar refractivity (Wildman–Crippen MR) is 111 cm³/mol. The number of hydrogen-bond acceptors (Lipinski definition) is 0. The molecule has 1 aromatic heterocycles. The van der Waals surface area contributed by atoms with Crippen LogP contribution in [0.4, 0.5) is 0 Å². The quantitative estimate of drug-likeness (QED) is 0.391. The van der Waals surface area contributed by atoms with Crippen molar-refractivity contribution in [1.29, 1.82) is 0 Å². The van der Waals surface area contributed by atoms with Crippen LogP contribution < -0.4 is 0 Å². The van der Waals surface area contributed by atoms with Crippen molar-refractivity contribution in [3.8, 4) is 11.1 Å².